The van der Waals surface area contributed by atoms with Gasteiger partial charge in [-0.3, -0.25) is 0 Å². The van der Waals surface area contributed by atoms with E-state index in [4.69, 9.17) is 10.8 Å². The van der Waals surface area contributed by atoms with Gasteiger partial charge in [-0.25, -0.2) is 0 Å². The Morgan fingerprint density at radius 2 is 1.81 bits per heavy atom. The van der Waals surface area contributed by atoms with Crippen LogP contribution >= 0.6 is 0 Å². The van der Waals surface area contributed by atoms with E-state index < -0.39 is 0 Å². The summed E-state index contributed by atoms with van der Waals surface area (Å²) < 4.78 is 0. The molecule has 0 saturated carbocycles. The lowest BCUT2D eigenvalue weighted by Gasteiger charge is -2.46. The summed E-state index contributed by atoms with van der Waals surface area (Å²) in [6.45, 7) is 10.9. The highest BCUT2D eigenvalue weighted by molar-refractivity contribution is 6.11. The van der Waals surface area contributed by atoms with Crippen LogP contribution in [0.1, 0.15) is 70.6 Å². The molecule has 0 aliphatic carbocycles. The average molecular weight is 365 g/mol. The van der Waals surface area contributed by atoms with Gasteiger partial charge in [0.1, 0.15) is 0 Å². The normalized spacial score (nSPS) is 19.0. The van der Waals surface area contributed by atoms with E-state index in [1.807, 2.05) is 25.1 Å². The van der Waals surface area contributed by atoms with Crippen LogP contribution in [0, 0.1) is 28.1 Å². The summed E-state index contributed by atoms with van der Waals surface area (Å²) in [5.41, 5.74) is 3.22. The molecule has 1 heterocycles. The van der Waals surface area contributed by atoms with Gasteiger partial charge in [0.2, 0.25) is 0 Å². The number of hydrogen-bond acceptors (Lipinski definition) is 4. The van der Waals surface area contributed by atoms with Crippen LogP contribution in [0.5, 0.6) is 0 Å². The first-order valence-electron chi connectivity index (χ1n) is 9.72. The summed E-state index contributed by atoms with van der Waals surface area (Å²) in [6.07, 6.45) is 7.05. The molecule has 0 bridgehead atoms. The smallest absolute Gasteiger partial charge is 0.0998 e. The van der Waals surface area contributed by atoms with Crippen molar-refractivity contribution in [3.05, 3.63) is 47.0 Å². The fourth-order valence-electron chi connectivity index (χ4n) is 4.47. The number of rotatable bonds is 6. The zero-order valence-corrected chi connectivity index (χ0v) is 17.2. The maximum absolute atomic E-state index is 9.36. The molecule has 4 nitrogen and oxygen atoms in total. The van der Waals surface area contributed by atoms with Gasteiger partial charge in [0, 0.05) is 22.4 Å². The number of nitrogens with one attached hydrogen (secondary N) is 3. The molecule has 0 spiro atoms. The number of hydrogen-bond donors (Lipinski definition) is 3. The second kappa shape index (κ2) is 8.19. The third kappa shape index (κ3) is 5.87. The maximum Gasteiger partial charge on any atom is 0.0998 e. The lowest BCUT2D eigenvalue weighted by Crippen LogP contribution is -2.57. The van der Waals surface area contributed by atoms with Crippen LogP contribution in [-0.2, 0) is 6.42 Å². The van der Waals surface area contributed by atoms with Crippen LogP contribution < -0.4 is 5.32 Å². The Labute approximate surface area is 163 Å². The third-order valence-electron chi connectivity index (χ3n) is 5.14. The molecule has 1 aromatic carbocycles. The largest absolute Gasteiger partial charge is 0.307 e. The predicted molar refractivity (Wildman–Crippen MR) is 113 cm³/mol. The van der Waals surface area contributed by atoms with Crippen molar-refractivity contribution in [2.45, 2.75) is 71.4 Å². The van der Waals surface area contributed by atoms with Crippen molar-refractivity contribution in [1.82, 2.24) is 5.32 Å². The summed E-state index contributed by atoms with van der Waals surface area (Å²) >= 11 is 0. The van der Waals surface area contributed by atoms with Crippen molar-refractivity contribution in [3.8, 4) is 6.07 Å². The maximum atomic E-state index is 9.36. The number of nitriles is 1. The lowest BCUT2D eigenvalue weighted by atomic mass is 9.74. The molecular weight excluding hydrogens is 332 g/mol. The molecule has 3 N–H and O–H groups in total. The second-order valence-electron chi connectivity index (χ2n) is 8.99. The first kappa shape index (κ1) is 21.1. The van der Waals surface area contributed by atoms with Crippen LogP contribution in [0.25, 0.3) is 0 Å². The molecule has 1 aliphatic heterocycles. The van der Waals surface area contributed by atoms with Crippen molar-refractivity contribution in [3.63, 3.8) is 0 Å². The van der Waals surface area contributed by atoms with E-state index in [2.05, 4.69) is 39.1 Å². The molecule has 1 fully saturated rings. The molecule has 1 aromatic rings. The summed E-state index contributed by atoms with van der Waals surface area (Å²) in [5.74, 6) is 0.459. The van der Waals surface area contributed by atoms with Gasteiger partial charge in [-0.2, -0.15) is 5.26 Å². The third-order valence-corrected chi connectivity index (χ3v) is 5.14. The Balaban J connectivity index is 2.04. The van der Waals surface area contributed by atoms with Crippen LogP contribution in [0.4, 0.5) is 0 Å². The van der Waals surface area contributed by atoms with Gasteiger partial charge in [0.15, 0.2) is 0 Å². The van der Waals surface area contributed by atoms with E-state index in [-0.39, 0.29) is 16.8 Å². The predicted octanol–water partition coefficient (Wildman–Crippen LogP) is 5.01. The molecule has 2 rings (SSSR count). The Morgan fingerprint density at radius 3 is 2.37 bits per heavy atom. The zero-order chi connectivity index (χ0) is 20.2. The molecule has 0 radical (unpaired) electrons. The first-order chi connectivity index (χ1) is 12.5. The van der Waals surface area contributed by atoms with Crippen LogP contribution in [0.15, 0.2) is 30.4 Å². The van der Waals surface area contributed by atoms with Gasteiger partial charge in [-0.15, -0.1) is 0 Å². The number of aryl methyl sites for hydroxylation is 1. The number of piperidine rings is 1. The molecule has 0 aromatic heterocycles. The van der Waals surface area contributed by atoms with Crippen molar-refractivity contribution in [2.75, 3.05) is 0 Å². The summed E-state index contributed by atoms with van der Waals surface area (Å²) in [5, 5.41) is 29.7. The minimum atomic E-state index is 0.0752. The lowest BCUT2D eigenvalue weighted by molar-refractivity contribution is 0.132. The van der Waals surface area contributed by atoms with Crippen molar-refractivity contribution in [1.29, 1.82) is 16.1 Å². The van der Waals surface area contributed by atoms with Crippen molar-refractivity contribution >= 4 is 11.4 Å². The molecule has 0 amide bonds. The molecule has 144 valence electrons. The first-order valence-corrected chi connectivity index (χ1v) is 9.72. The minimum absolute atomic E-state index is 0.0752. The van der Waals surface area contributed by atoms with Gasteiger partial charge in [-0.1, -0.05) is 19.1 Å². The molecule has 0 unspecified atom stereocenters. The SMILES string of the molecule is CCc1ccc(C(=N)/C=C\C(=N)CC2CC(C)(C)NC(C)(C)C2)c(C#N)c1. The van der Waals surface area contributed by atoms with Gasteiger partial charge < -0.3 is 16.1 Å². The standard InChI is InChI=1S/C23H32N4/c1-6-16-7-9-20(18(11-16)15-24)21(26)10-8-19(25)12-17-13-22(2,3)27-23(4,5)14-17/h7-11,17,25-27H,6,12-14H2,1-5H3/b10-8-,25-19?,26-21?. The quantitative estimate of drug-likeness (QED) is 0.620. The van der Waals surface area contributed by atoms with E-state index in [1.165, 1.54) is 0 Å². The Hall–Kier alpha value is -2.25. The van der Waals surface area contributed by atoms with Crippen LogP contribution in [-0.4, -0.2) is 22.5 Å². The topological polar surface area (TPSA) is 83.5 Å². The van der Waals surface area contributed by atoms with Crippen LogP contribution in [0.2, 0.25) is 0 Å². The second-order valence-corrected chi connectivity index (χ2v) is 8.99. The number of nitrogens with zero attached hydrogens (tertiary/aromatic N) is 1. The van der Waals surface area contributed by atoms with E-state index in [1.54, 1.807) is 12.2 Å². The van der Waals surface area contributed by atoms with E-state index >= 15 is 0 Å². The van der Waals surface area contributed by atoms with Crippen molar-refractivity contribution in [2.24, 2.45) is 5.92 Å². The molecule has 1 aliphatic rings. The fourth-order valence-corrected chi connectivity index (χ4v) is 4.47. The average Bonchev–Trinajstić information content (AvgIpc) is 2.56. The molecule has 1 saturated heterocycles. The highest BCUT2D eigenvalue weighted by atomic mass is 15.0. The highest BCUT2D eigenvalue weighted by Gasteiger charge is 2.37. The van der Waals surface area contributed by atoms with Gasteiger partial charge in [0.25, 0.3) is 0 Å². The van der Waals surface area contributed by atoms with Gasteiger partial charge in [0.05, 0.1) is 17.3 Å². The number of allylic oxidation sites excluding steroid dienone is 2. The Kier molecular flexibility index (Phi) is 6.38. The van der Waals surface area contributed by atoms with Crippen LogP contribution in [0.3, 0.4) is 0 Å². The summed E-state index contributed by atoms with van der Waals surface area (Å²) in [6, 6.07) is 7.84. The van der Waals surface area contributed by atoms with E-state index in [0.29, 0.717) is 22.8 Å². The fraction of sp³-hybridized carbons (Fsp3) is 0.522. The van der Waals surface area contributed by atoms with Gasteiger partial charge in [-0.05, 0) is 83.1 Å². The monoisotopic (exact) mass is 364 g/mol. The Bertz CT molecular complexity index is 777. The zero-order valence-electron chi connectivity index (χ0n) is 17.2. The Morgan fingerprint density at radius 1 is 1.19 bits per heavy atom. The van der Waals surface area contributed by atoms with E-state index in [9.17, 15) is 5.26 Å². The van der Waals surface area contributed by atoms with Crippen molar-refractivity contribution < 1.29 is 0 Å². The van der Waals surface area contributed by atoms with E-state index in [0.717, 1.165) is 31.2 Å². The molecular formula is C23H32N4. The summed E-state index contributed by atoms with van der Waals surface area (Å²) in [4.78, 5) is 0. The highest BCUT2D eigenvalue weighted by Crippen LogP contribution is 2.34. The number of benzene rings is 1. The summed E-state index contributed by atoms with van der Waals surface area (Å²) in [7, 11) is 0. The molecule has 4 heteroatoms. The minimum Gasteiger partial charge on any atom is -0.307 e. The molecule has 0 atom stereocenters. The molecule has 27 heavy (non-hydrogen) atoms. The van der Waals surface area contributed by atoms with Gasteiger partial charge >= 0.3 is 0 Å².